The van der Waals surface area contributed by atoms with E-state index in [0.717, 1.165) is 19.4 Å². The molecule has 96 valence electrons. The minimum atomic E-state index is 0.268. The molecular formula is C15H20NO2+. The Balaban J connectivity index is 1.99. The van der Waals surface area contributed by atoms with Gasteiger partial charge in [0.15, 0.2) is 6.04 Å². The molecule has 0 bridgehead atoms. The molecule has 1 atom stereocenters. The third-order valence-corrected chi connectivity index (χ3v) is 3.44. The molecular weight excluding hydrogens is 226 g/mol. The topological polar surface area (TPSA) is 40.3 Å². The second-order valence-electron chi connectivity index (χ2n) is 4.99. The van der Waals surface area contributed by atoms with Crippen molar-refractivity contribution in [3.8, 4) is 5.75 Å². The van der Waals surface area contributed by atoms with Crippen LogP contribution in [0.1, 0.15) is 31.7 Å². The highest BCUT2D eigenvalue weighted by Gasteiger charge is 2.28. The van der Waals surface area contributed by atoms with E-state index in [-0.39, 0.29) is 5.78 Å². The number of benzene rings is 1. The van der Waals surface area contributed by atoms with E-state index in [4.69, 9.17) is 0 Å². The van der Waals surface area contributed by atoms with Crippen molar-refractivity contribution < 1.29 is 14.5 Å². The second-order valence-corrected chi connectivity index (χ2v) is 4.99. The number of Topliss-reactive ketones (excluding diaryl/α,β-unsaturated/α-hetero) is 1. The number of hydrogen-bond donors (Lipinski definition) is 1. The summed E-state index contributed by atoms with van der Waals surface area (Å²) in [5.74, 6) is 0.569. The van der Waals surface area contributed by atoms with Gasteiger partial charge in [-0.3, -0.25) is 4.79 Å². The Hall–Kier alpha value is -1.64. The van der Waals surface area contributed by atoms with Gasteiger partial charge < -0.3 is 5.11 Å². The van der Waals surface area contributed by atoms with E-state index in [9.17, 15) is 9.90 Å². The van der Waals surface area contributed by atoms with Gasteiger partial charge >= 0.3 is 0 Å². The van der Waals surface area contributed by atoms with Crippen molar-refractivity contribution in [2.75, 3.05) is 6.54 Å². The number of phenolic OH excluding ortho intramolecular Hbond substituents is 1. The fourth-order valence-corrected chi connectivity index (χ4v) is 2.50. The Labute approximate surface area is 108 Å². The standard InChI is InChI=1S/C15H19NO2/c1-12(17)11-14-3-2-9-16(14)10-8-13-4-6-15(18)7-5-13/h4-7,10,14H,2-3,8-9,11H2,1H3/p+1/t14-/m0/s1. The van der Waals surface area contributed by atoms with Gasteiger partial charge in [-0.25, -0.2) is 4.58 Å². The van der Waals surface area contributed by atoms with E-state index in [2.05, 4.69) is 10.8 Å². The summed E-state index contributed by atoms with van der Waals surface area (Å²) < 4.78 is 2.30. The third kappa shape index (κ3) is 3.42. The molecule has 0 aliphatic carbocycles. The predicted molar refractivity (Wildman–Crippen MR) is 71.3 cm³/mol. The SMILES string of the molecule is CC(=O)C[C@@H]1CCC[N+]1=CCc1ccc(O)cc1. The minimum Gasteiger partial charge on any atom is -0.508 e. The molecule has 1 fully saturated rings. The predicted octanol–water partition coefficient (Wildman–Crippen LogP) is 2.16. The van der Waals surface area contributed by atoms with Crippen LogP contribution < -0.4 is 0 Å². The van der Waals surface area contributed by atoms with Gasteiger partial charge in [0.1, 0.15) is 24.3 Å². The van der Waals surface area contributed by atoms with Crippen LogP contribution in [0.15, 0.2) is 24.3 Å². The summed E-state index contributed by atoms with van der Waals surface area (Å²) in [4.78, 5) is 11.2. The molecule has 1 aromatic carbocycles. The Morgan fingerprint density at radius 3 is 2.83 bits per heavy atom. The molecule has 3 heteroatoms. The van der Waals surface area contributed by atoms with Crippen molar-refractivity contribution in [3.05, 3.63) is 29.8 Å². The van der Waals surface area contributed by atoms with Crippen LogP contribution in [0, 0.1) is 0 Å². The number of nitrogens with zero attached hydrogens (tertiary/aromatic N) is 1. The second kappa shape index (κ2) is 5.80. The van der Waals surface area contributed by atoms with Gasteiger partial charge in [0.25, 0.3) is 0 Å². The molecule has 1 aromatic rings. The first-order chi connectivity index (χ1) is 8.65. The molecule has 0 spiro atoms. The van der Waals surface area contributed by atoms with Crippen LogP contribution >= 0.6 is 0 Å². The minimum absolute atomic E-state index is 0.268. The molecule has 1 saturated heterocycles. The lowest BCUT2D eigenvalue weighted by molar-refractivity contribution is -0.539. The molecule has 0 unspecified atom stereocenters. The molecule has 3 nitrogen and oxygen atoms in total. The van der Waals surface area contributed by atoms with Gasteiger partial charge in [-0.1, -0.05) is 12.1 Å². The first-order valence-electron chi connectivity index (χ1n) is 6.51. The molecule has 1 N–H and O–H groups in total. The summed E-state index contributed by atoms with van der Waals surface area (Å²) in [6.07, 6.45) is 5.99. The van der Waals surface area contributed by atoms with Gasteiger partial charge in [0.2, 0.25) is 0 Å². The average Bonchev–Trinajstić information content (AvgIpc) is 2.75. The van der Waals surface area contributed by atoms with Gasteiger partial charge in [-0.05, 0) is 24.6 Å². The van der Waals surface area contributed by atoms with Crippen molar-refractivity contribution in [3.63, 3.8) is 0 Å². The Bertz CT molecular complexity index is 448. The maximum Gasteiger partial charge on any atom is 0.159 e. The number of aromatic hydroxyl groups is 1. The first-order valence-corrected chi connectivity index (χ1v) is 6.51. The van der Waals surface area contributed by atoms with E-state index >= 15 is 0 Å². The van der Waals surface area contributed by atoms with Crippen molar-refractivity contribution in [2.24, 2.45) is 0 Å². The molecule has 0 saturated carbocycles. The summed E-state index contributed by atoms with van der Waals surface area (Å²) in [5.41, 5.74) is 1.18. The van der Waals surface area contributed by atoms with Crippen LogP contribution in [0.3, 0.4) is 0 Å². The number of phenols is 1. The van der Waals surface area contributed by atoms with Crippen LogP contribution in [0.5, 0.6) is 5.75 Å². The van der Waals surface area contributed by atoms with Gasteiger partial charge in [0.05, 0.1) is 6.42 Å². The summed E-state index contributed by atoms with van der Waals surface area (Å²) in [7, 11) is 0. The lowest BCUT2D eigenvalue weighted by Crippen LogP contribution is -2.23. The zero-order valence-electron chi connectivity index (χ0n) is 10.8. The fraction of sp³-hybridized carbons (Fsp3) is 0.467. The Morgan fingerprint density at radius 1 is 1.44 bits per heavy atom. The zero-order valence-corrected chi connectivity index (χ0v) is 10.8. The molecule has 18 heavy (non-hydrogen) atoms. The smallest absolute Gasteiger partial charge is 0.159 e. The quantitative estimate of drug-likeness (QED) is 0.827. The zero-order chi connectivity index (χ0) is 13.0. The summed E-state index contributed by atoms with van der Waals surface area (Å²) >= 11 is 0. The van der Waals surface area contributed by atoms with Crippen LogP contribution in [0.4, 0.5) is 0 Å². The van der Waals surface area contributed by atoms with Crippen LogP contribution in [-0.2, 0) is 11.2 Å². The highest BCUT2D eigenvalue weighted by Crippen LogP contribution is 2.16. The molecule has 0 amide bonds. The van der Waals surface area contributed by atoms with Crippen molar-refractivity contribution >= 4 is 12.0 Å². The number of ketones is 1. The van der Waals surface area contributed by atoms with E-state index in [0.29, 0.717) is 18.2 Å². The van der Waals surface area contributed by atoms with Gasteiger partial charge in [-0.15, -0.1) is 0 Å². The molecule has 0 aromatic heterocycles. The largest absolute Gasteiger partial charge is 0.508 e. The van der Waals surface area contributed by atoms with E-state index < -0.39 is 0 Å². The Kier molecular flexibility index (Phi) is 4.13. The monoisotopic (exact) mass is 246 g/mol. The van der Waals surface area contributed by atoms with Crippen LogP contribution in [0.25, 0.3) is 0 Å². The number of hydrogen-bond acceptors (Lipinski definition) is 2. The molecule has 2 rings (SSSR count). The normalized spacial score (nSPS) is 21.4. The number of rotatable bonds is 4. The van der Waals surface area contributed by atoms with E-state index in [1.807, 2.05) is 12.1 Å². The molecule has 1 heterocycles. The number of carbonyl (C=O) groups excluding carboxylic acids is 1. The lowest BCUT2D eigenvalue weighted by Gasteiger charge is -2.05. The molecule has 0 radical (unpaired) electrons. The first kappa shape index (κ1) is 12.8. The summed E-state index contributed by atoms with van der Waals surface area (Å²) in [5, 5.41) is 9.22. The van der Waals surface area contributed by atoms with E-state index in [1.165, 1.54) is 12.0 Å². The number of carbonyl (C=O) groups is 1. The maximum atomic E-state index is 11.2. The van der Waals surface area contributed by atoms with E-state index in [1.54, 1.807) is 19.1 Å². The molecule has 1 aliphatic rings. The fourth-order valence-electron chi connectivity index (χ4n) is 2.50. The van der Waals surface area contributed by atoms with Crippen LogP contribution in [-0.4, -0.2) is 34.3 Å². The van der Waals surface area contributed by atoms with Crippen molar-refractivity contribution in [2.45, 2.75) is 38.6 Å². The van der Waals surface area contributed by atoms with Gasteiger partial charge in [-0.2, -0.15) is 0 Å². The molecule has 1 aliphatic heterocycles. The average molecular weight is 246 g/mol. The highest BCUT2D eigenvalue weighted by atomic mass is 16.3. The Morgan fingerprint density at radius 2 is 2.17 bits per heavy atom. The third-order valence-electron chi connectivity index (χ3n) is 3.44. The summed E-state index contributed by atoms with van der Waals surface area (Å²) in [6, 6.07) is 7.67. The summed E-state index contributed by atoms with van der Waals surface area (Å²) in [6.45, 7) is 2.71. The van der Waals surface area contributed by atoms with Crippen molar-refractivity contribution in [1.29, 1.82) is 0 Å². The van der Waals surface area contributed by atoms with Gasteiger partial charge in [0, 0.05) is 19.3 Å². The highest BCUT2D eigenvalue weighted by molar-refractivity contribution is 5.76. The lowest BCUT2D eigenvalue weighted by atomic mass is 10.1. The van der Waals surface area contributed by atoms with Crippen LogP contribution in [0.2, 0.25) is 0 Å². The maximum absolute atomic E-state index is 11.2. The van der Waals surface area contributed by atoms with Crippen molar-refractivity contribution in [1.82, 2.24) is 0 Å².